The first-order valence-electron chi connectivity index (χ1n) is 8.40. The second kappa shape index (κ2) is 8.46. The van der Waals surface area contributed by atoms with E-state index in [1.54, 1.807) is 29.4 Å². The van der Waals surface area contributed by atoms with Crippen molar-refractivity contribution in [2.45, 2.75) is 6.92 Å². The number of carbonyl (C=O) groups is 1. The molecule has 0 bridgehead atoms. The number of hydrogen-bond donors (Lipinski definition) is 2. The summed E-state index contributed by atoms with van der Waals surface area (Å²) in [5, 5.41) is 3.76. The molecule has 0 radical (unpaired) electrons. The zero-order valence-corrected chi connectivity index (χ0v) is 15.5. The Hall–Kier alpha value is -3.19. The lowest BCUT2D eigenvalue weighted by atomic mass is 10.2. The van der Waals surface area contributed by atoms with Gasteiger partial charge in [-0.2, -0.15) is 0 Å². The number of pyridine rings is 1. The highest BCUT2D eigenvalue weighted by atomic mass is 35.5. The molecule has 0 aliphatic rings. The number of primary amides is 1. The minimum atomic E-state index is -0.404. The van der Waals surface area contributed by atoms with Gasteiger partial charge in [0.2, 0.25) is 11.9 Å². The Kier molecular flexibility index (Phi) is 5.83. The van der Waals surface area contributed by atoms with E-state index in [1.807, 2.05) is 37.3 Å². The molecule has 3 rings (SSSR count). The molecule has 2 aromatic heterocycles. The third-order valence-corrected chi connectivity index (χ3v) is 4.07. The Morgan fingerprint density at radius 2 is 2.00 bits per heavy atom. The first kappa shape index (κ1) is 18.6. The van der Waals surface area contributed by atoms with Gasteiger partial charge in [-0.05, 0) is 43.3 Å². The second-order valence-corrected chi connectivity index (χ2v) is 6.22. The molecular formula is C19H19ClN6O. The van der Waals surface area contributed by atoms with Crippen molar-refractivity contribution in [3.05, 3.63) is 59.9 Å². The fraction of sp³-hybridized carbons (Fsp3) is 0.158. The number of anilines is 3. The van der Waals surface area contributed by atoms with Gasteiger partial charge in [0, 0.05) is 35.2 Å². The van der Waals surface area contributed by atoms with Gasteiger partial charge in [0.05, 0.1) is 12.2 Å². The number of aromatic nitrogens is 3. The number of amides is 1. The number of nitrogens with two attached hydrogens (primary N) is 1. The standard InChI is InChI=1S/C19H19ClN6O/c1-2-26(12-17(21)27)18-10-13(6-8-22-18)16-7-9-23-19(25-16)24-15-5-3-4-14(20)11-15/h3-11H,2,12H2,1H3,(H2,21,27)(H,23,24,25). The van der Waals surface area contributed by atoms with Crippen molar-refractivity contribution in [1.82, 2.24) is 15.0 Å². The molecule has 27 heavy (non-hydrogen) atoms. The highest BCUT2D eigenvalue weighted by Gasteiger charge is 2.11. The first-order valence-corrected chi connectivity index (χ1v) is 8.78. The maximum Gasteiger partial charge on any atom is 0.236 e. The second-order valence-electron chi connectivity index (χ2n) is 5.78. The van der Waals surface area contributed by atoms with E-state index in [9.17, 15) is 4.79 Å². The fourth-order valence-electron chi connectivity index (χ4n) is 2.57. The molecule has 8 heteroatoms. The summed E-state index contributed by atoms with van der Waals surface area (Å²) in [5.74, 6) is 0.716. The minimum absolute atomic E-state index is 0.109. The van der Waals surface area contributed by atoms with Crippen LogP contribution in [-0.4, -0.2) is 33.9 Å². The van der Waals surface area contributed by atoms with Crippen molar-refractivity contribution in [3.8, 4) is 11.3 Å². The van der Waals surface area contributed by atoms with Gasteiger partial charge in [-0.25, -0.2) is 15.0 Å². The van der Waals surface area contributed by atoms with Crippen molar-refractivity contribution in [2.75, 3.05) is 23.3 Å². The SMILES string of the molecule is CCN(CC(N)=O)c1cc(-c2ccnc(Nc3cccc(Cl)c3)n2)ccn1. The predicted octanol–water partition coefficient (Wildman–Crippen LogP) is 3.25. The van der Waals surface area contributed by atoms with Crippen LogP contribution in [0.3, 0.4) is 0 Å². The van der Waals surface area contributed by atoms with Crippen LogP contribution in [0, 0.1) is 0 Å². The van der Waals surface area contributed by atoms with E-state index in [1.165, 1.54) is 0 Å². The molecule has 3 aromatic rings. The molecule has 0 saturated carbocycles. The molecule has 0 spiro atoms. The number of benzene rings is 1. The van der Waals surface area contributed by atoms with Crippen LogP contribution in [0.25, 0.3) is 11.3 Å². The van der Waals surface area contributed by atoms with E-state index in [2.05, 4.69) is 20.3 Å². The normalized spacial score (nSPS) is 10.4. The van der Waals surface area contributed by atoms with Crippen LogP contribution in [0.4, 0.5) is 17.5 Å². The van der Waals surface area contributed by atoms with E-state index in [0.717, 1.165) is 16.9 Å². The quantitative estimate of drug-likeness (QED) is 0.651. The number of rotatable bonds is 7. The molecule has 7 nitrogen and oxygen atoms in total. The Balaban J connectivity index is 1.86. The molecule has 1 amide bonds. The van der Waals surface area contributed by atoms with E-state index in [-0.39, 0.29) is 6.54 Å². The van der Waals surface area contributed by atoms with Crippen molar-refractivity contribution in [2.24, 2.45) is 5.73 Å². The Morgan fingerprint density at radius 1 is 1.19 bits per heavy atom. The summed E-state index contributed by atoms with van der Waals surface area (Å²) in [7, 11) is 0. The lowest BCUT2D eigenvalue weighted by molar-refractivity contribution is -0.116. The summed E-state index contributed by atoms with van der Waals surface area (Å²) >= 11 is 6.01. The molecule has 0 atom stereocenters. The zero-order chi connectivity index (χ0) is 19.2. The van der Waals surface area contributed by atoms with E-state index < -0.39 is 5.91 Å². The van der Waals surface area contributed by atoms with Gasteiger partial charge in [-0.1, -0.05) is 17.7 Å². The van der Waals surface area contributed by atoms with Crippen LogP contribution in [0.5, 0.6) is 0 Å². The fourth-order valence-corrected chi connectivity index (χ4v) is 2.76. The Morgan fingerprint density at radius 3 is 2.74 bits per heavy atom. The van der Waals surface area contributed by atoms with Crippen molar-refractivity contribution >= 4 is 35.0 Å². The number of likely N-dealkylation sites (N-methyl/N-ethyl adjacent to an activating group) is 1. The topological polar surface area (TPSA) is 97.0 Å². The van der Waals surface area contributed by atoms with Crippen LogP contribution >= 0.6 is 11.6 Å². The number of carbonyl (C=O) groups excluding carboxylic acids is 1. The molecule has 0 aliphatic heterocycles. The third kappa shape index (κ3) is 4.92. The summed E-state index contributed by atoms with van der Waals surface area (Å²) in [5.41, 5.74) is 7.70. The number of nitrogens with one attached hydrogen (secondary N) is 1. The van der Waals surface area contributed by atoms with Gasteiger partial charge < -0.3 is 16.0 Å². The van der Waals surface area contributed by atoms with Gasteiger partial charge in [-0.3, -0.25) is 4.79 Å². The minimum Gasteiger partial charge on any atom is -0.368 e. The summed E-state index contributed by atoms with van der Waals surface area (Å²) in [6, 6.07) is 12.9. The first-order chi connectivity index (χ1) is 13.0. The molecule has 0 saturated heterocycles. The molecule has 138 valence electrons. The van der Waals surface area contributed by atoms with Crippen LogP contribution in [0.2, 0.25) is 5.02 Å². The van der Waals surface area contributed by atoms with E-state index in [0.29, 0.717) is 23.3 Å². The third-order valence-electron chi connectivity index (χ3n) is 3.83. The molecule has 1 aromatic carbocycles. The number of nitrogens with zero attached hydrogens (tertiary/aromatic N) is 4. The maximum atomic E-state index is 11.3. The molecular weight excluding hydrogens is 364 g/mol. The zero-order valence-electron chi connectivity index (χ0n) is 14.8. The summed E-state index contributed by atoms with van der Waals surface area (Å²) in [4.78, 5) is 26.2. The predicted molar refractivity (Wildman–Crippen MR) is 107 cm³/mol. The Labute approximate surface area is 162 Å². The maximum absolute atomic E-state index is 11.3. The largest absolute Gasteiger partial charge is 0.368 e. The molecule has 3 N–H and O–H groups in total. The lowest BCUT2D eigenvalue weighted by Crippen LogP contribution is -2.34. The number of hydrogen-bond acceptors (Lipinski definition) is 6. The van der Waals surface area contributed by atoms with Crippen LogP contribution < -0.4 is 16.0 Å². The molecule has 0 fully saturated rings. The van der Waals surface area contributed by atoms with Gasteiger partial charge in [0.1, 0.15) is 5.82 Å². The smallest absolute Gasteiger partial charge is 0.236 e. The monoisotopic (exact) mass is 382 g/mol. The van der Waals surface area contributed by atoms with Crippen molar-refractivity contribution < 1.29 is 4.79 Å². The lowest BCUT2D eigenvalue weighted by Gasteiger charge is -2.20. The Bertz CT molecular complexity index is 949. The van der Waals surface area contributed by atoms with Gasteiger partial charge in [0.25, 0.3) is 0 Å². The highest BCUT2D eigenvalue weighted by molar-refractivity contribution is 6.30. The summed E-state index contributed by atoms with van der Waals surface area (Å²) in [6.07, 6.45) is 3.36. The van der Waals surface area contributed by atoms with Crippen molar-refractivity contribution in [3.63, 3.8) is 0 Å². The molecule has 0 aliphatic carbocycles. The van der Waals surface area contributed by atoms with E-state index in [4.69, 9.17) is 17.3 Å². The van der Waals surface area contributed by atoms with Gasteiger partial charge >= 0.3 is 0 Å². The van der Waals surface area contributed by atoms with Crippen LogP contribution in [0.1, 0.15) is 6.92 Å². The average Bonchev–Trinajstić information content (AvgIpc) is 2.66. The molecule has 2 heterocycles. The van der Waals surface area contributed by atoms with Crippen molar-refractivity contribution in [1.29, 1.82) is 0 Å². The summed E-state index contributed by atoms with van der Waals surface area (Å²) < 4.78 is 0. The van der Waals surface area contributed by atoms with Gasteiger partial charge in [0.15, 0.2) is 0 Å². The number of halogens is 1. The van der Waals surface area contributed by atoms with E-state index >= 15 is 0 Å². The van der Waals surface area contributed by atoms with Crippen LogP contribution in [0.15, 0.2) is 54.9 Å². The summed E-state index contributed by atoms with van der Waals surface area (Å²) in [6.45, 7) is 2.66. The van der Waals surface area contributed by atoms with Gasteiger partial charge in [-0.15, -0.1) is 0 Å². The van der Waals surface area contributed by atoms with Crippen LogP contribution in [-0.2, 0) is 4.79 Å². The highest BCUT2D eigenvalue weighted by Crippen LogP contribution is 2.23. The average molecular weight is 383 g/mol. The molecule has 0 unspecified atom stereocenters.